The lowest BCUT2D eigenvalue weighted by Gasteiger charge is -2.17. The fraction of sp³-hybridized carbons (Fsp3) is 0.462. The summed E-state index contributed by atoms with van der Waals surface area (Å²) in [5.41, 5.74) is 7.10. The van der Waals surface area contributed by atoms with Crippen LogP contribution < -0.4 is 5.73 Å². The van der Waals surface area contributed by atoms with Gasteiger partial charge in [0.05, 0.1) is 12.0 Å². The van der Waals surface area contributed by atoms with E-state index in [1.165, 1.54) is 23.4 Å². The van der Waals surface area contributed by atoms with Gasteiger partial charge in [-0.3, -0.25) is 0 Å². The van der Waals surface area contributed by atoms with Crippen molar-refractivity contribution < 1.29 is 4.42 Å². The highest BCUT2D eigenvalue weighted by atomic mass is 32.1. The van der Waals surface area contributed by atoms with E-state index in [0.29, 0.717) is 5.92 Å². The van der Waals surface area contributed by atoms with Crippen LogP contribution in [0.1, 0.15) is 43.2 Å². The highest BCUT2D eigenvalue weighted by molar-refractivity contribution is 7.15. The minimum Gasteiger partial charge on any atom is -0.462 e. The Hall–Kier alpha value is -1.13. The molecule has 4 heteroatoms. The molecule has 0 radical (unpaired) electrons. The first-order valence-electron chi connectivity index (χ1n) is 5.89. The third-order valence-electron chi connectivity index (χ3n) is 2.93. The summed E-state index contributed by atoms with van der Waals surface area (Å²) >= 11 is 1.66. The van der Waals surface area contributed by atoms with Crippen molar-refractivity contribution in [1.82, 2.24) is 4.98 Å². The molecular formula is C13H16N2OS. The summed E-state index contributed by atoms with van der Waals surface area (Å²) in [6.45, 7) is 4.08. The highest BCUT2D eigenvalue weighted by Gasteiger charge is 2.34. The molecule has 0 saturated heterocycles. The van der Waals surface area contributed by atoms with E-state index in [2.05, 4.69) is 0 Å². The standard InChI is InChI=1S/C13H16N2OS/c1-13(2,14)11-10(8-5-6-8)15-12(17-11)9-4-3-7-16-9/h3-4,7-8H,5-6,14H2,1-2H3. The van der Waals surface area contributed by atoms with E-state index in [0.717, 1.165) is 10.8 Å². The third kappa shape index (κ3) is 2.03. The van der Waals surface area contributed by atoms with Gasteiger partial charge >= 0.3 is 0 Å². The fourth-order valence-corrected chi connectivity index (χ4v) is 3.07. The largest absolute Gasteiger partial charge is 0.462 e. The molecule has 1 fully saturated rings. The zero-order chi connectivity index (χ0) is 12.0. The maximum Gasteiger partial charge on any atom is 0.162 e. The van der Waals surface area contributed by atoms with Crippen molar-refractivity contribution >= 4 is 11.3 Å². The summed E-state index contributed by atoms with van der Waals surface area (Å²) < 4.78 is 5.41. The summed E-state index contributed by atoms with van der Waals surface area (Å²) in [5, 5.41) is 0.949. The zero-order valence-electron chi connectivity index (χ0n) is 10.1. The number of nitrogens with zero attached hydrogens (tertiary/aromatic N) is 1. The summed E-state index contributed by atoms with van der Waals surface area (Å²) in [7, 11) is 0. The predicted octanol–water partition coefficient (Wildman–Crippen LogP) is 3.47. The van der Waals surface area contributed by atoms with Crippen molar-refractivity contribution in [2.45, 2.75) is 38.1 Å². The van der Waals surface area contributed by atoms with Gasteiger partial charge < -0.3 is 10.2 Å². The van der Waals surface area contributed by atoms with E-state index in [-0.39, 0.29) is 5.54 Å². The van der Waals surface area contributed by atoms with Gasteiger partial charge in [-0.25, -0.2) is 4.98 Å². The molecule has 1 saturated carbocycles. The molecule has 0 atom stereocenters. The smallest absolute Gasteiger partial charge is 0.162 e. The normalized spacial score (nSPS) is 16.4. The van der Waals surface area contributed by atoms with Crippen LogP contribution in [0.25, 0.3) is 10.8 Å². The topological polar surface area (TPSA) is 52.0 Å². The SMILES string of the molecule is CC(C)(N)c1sc(-c2ccco2)nc1C1CC1. The Morgan fingerprint density at radius 3 is 2.76 bits per heavy atom. The Bertz CT molecular complexity index is 518. The third-order valence-corrected chi connectivity index (χ3v) is 4.36. The first-order valence-corrected chi connectivity index (χ1v) is 6.71. The molecule has 0 unspecified atom stereocenters. The van der Waals surface area contributed by atoms with Crippen molar-refractivity contribution in [3.8, 4) is 10.8 Å². The van der Waals surface area contributed by atoms with Crippen molar-refractivity contribution in [1.29, 1.82) is 0 Å². The Balaban J connectivity index is 2.08. The number of hydrogen-bond donors (Lipinski definition) is 1. The molecule has 2 aromatic heterocycles. The summed E-state index contributed by atoms with van der Waals surface area (Å²) in [4.78, 5) is 5.93. The van der Waals surface area contributed by atoms with Gasteiger partial charge in [-0.05, 0) is 38.8 Å². The average molecular weight is 248 g/mol. The lowest BCUT2D eigenvalue weighted by atomic mass is 10.0. The van der Waals surface area contributed by atoms with E-state index in [1.807, 2.05) is 26.0 Å². The van der Waals surface area contributed by atoms with Gasteiger partial charge in [-0.1, -0.05) is 0 Å². The quantitative estimate of drug-likeness (QED) is 0.904. The molecular weight excluding hydrogens is 232 g/mol. The summed E-state index contributed by atoms with van der Waals surface area (Å²) in [6.07, 6.45) is 4.16. The Morgan fingerprint density at radius 1 is 1.47 bits per heavy atom. The first kappa shape index (κ1) is 11.0. The van der Waals surface area contributed by atoms with E-state index in [9.17, 15) is 0 Å². The van der Waals surface area contributed by atoms with Gasteiger partial charge in [0.25, 0.3) is 0 Å². The minimum atomic E-state index is -0.319. The van der Waals surface area contributed by atoms with Crippen LogP contribution in [0.15, 0.2) is 22.8 Å². The van der Waals surface area contributed by atoms with Gasteiger partial charge in [-0.15, -0.1) is 11.3 Å². The molecule has 2 aromatic rings. The molecule has 0 spiro atoms. The molecule has 17 heavy (non-hydrogen) atoms. The highest BCUT2D eigenvalue weighted by Crippen LogP contribution is 2.46. The van der Waals surface area contributed by atoms with Crippen LogP contribution in [-0.2, 0) is 5.54 Å². The molecule has 0 aliphatic heterocycles. The number of furan rings is 1. The average Bonchev–Trinajstić information content (AvgIpc) is 2.82. The van der Waals surface area contributed by atoms with Crippen LogP contribution in [0.5, 0.6) is 0 Å². The van der Waals surface area contributed by atoms with Crippen LogP contribution in [0, 0.1) is 0 Å². The first-order chi connectivity index (χ1) is 8.05. The second-order valence-electron chi connectivity index (χ2n) is 5.21. The maximum absolute atomic E-state index is 6.23. The van der Waals surface area contributed by atoms with E-state index < -0.39 is 0 Å². The van der Waals surface area contributed by atoms with Crippen molar-refractivity contribution in [3.63, 3.8) is 0 Å². The van der Waals surface area contributed by atoms with Gasteiger partial charge in [0.15, 0.2) is 10.8 Å². The molecule has 90 valence electrons. The van der Waals surface area contributed by atoms with Gasteiger partial charge in [0.1, 0.15) is 0 Å². The van der Waals surface area contributed by atoms with E-state index in [1.54, 1.807) is 17.6 Å². The Labute approximate surface area is 105 Å². The molecule has 1 aliphatic carbocycles. The molecule has 0 aromatic carbocycles. The number of hydrogen-bond acceptors (Lipinski definition) is 4. The predicted molar refractivity (Wildman–Crippen MR) is 69.0 cm³/mol. The number of nitrogens with two attached hydrogens (primary N) is 1. The number of thiazole rings is 1. The molecule has 1 aliphatic rings. The summed E-state index contributed by atoms with van der Waals surface area (Å²) in [6, 6.07) is 3.84. The van der Waals surface area contributed by atoms with Gasteiger partial charge in [0, 0.05) is 16.3 Å². The molecule has 3 nitrogen and oxygen atoms in total. The maximum atomic E-state index is 6.23. The number of aromatic nitrogens is 1. The Kier molecular flexibility index (Phi) is 2.38. The lowest BCUT2D eigenvalue weighted by molar-refractivity contribution is 0.558. The van der Waals surface area contributed by atoms with Crippen molar-refractivity contribution in [2.24, 2.45) is 5.73 Å². The number of rotatable bonds is 3. The van der Waals surface area contributed by atoms with Crippen LogP contribution >= 0.6 is 11.3 Å². The summed E-state index contributed by atoms with van der Waals surface area (Å²) in [5.74, 6) is 1.46. The van der Waals surface area contributed by atoms with Crippen LogP contribution in [0.4, 0.5) is 0 Å². The van der Waals surface area contributed by atoms with Crippen LogP contribution in [0.3, 0.4) is 0 Å². The second kappa shape index (κ2) is 3.68. The Morgan fingerprint density at radius 2 is 2.24 bits per heavy atom. The fourth-order valence-electron chi connectivity index (χ4n) is 1.93. The monoisotopic (exact) mass is 248 g/mol. The van der Waals surface area contributed by atoms with Gasteiger partial charge in [-0.2, -0.15) is 0 Å². The molecule has 0 amide bonds. The van der Waals surface area contributed by atoms with Crippen LogP contribution in [-0.4, -0.2) is 4.98 Å². The van der Waals surface area contributed by atoms with E-state index in [4.69, 9.17) is 15.1 Å². The molecule has 3 rings (SSSR count). The van der Waals surface area contributed by atoms with Gasteiger partial charge in [0.2, 0.25) is 0 Å². The lowest BCUT2D eigenvalue weighted by Crippen LogP contribution is -2.28. The van der Waals surface area contributed by atoms with Crippen molar-refractivity contribution in [2.75, 3.05) is 0 Å². The second-order valence-corrected chi connectivity index (χ2v) is 6.21. The molecule has 2 N–H and O–H groups in total. The minimum absolute atomic E-state index is 0.319. The van der Waals surface area contributed by atoms with Crippen molar-refractivity contribution in [3.05, 3.63) is 29.0 Å². The molecule has 0 bridgehead atoms. The van der Waals surface area contributed by atoms with Crippen LogP contribution in [0.2, 0.25) is 0 Å². The molecule has 2 heterocycles. The zero-order valence-corrected chi connectivity index (χ0v) is 10.9. The van der Waals surface area contributed by atoms with E-state index >= 15 is 0 Å².